The van der Waals surface area contributed by atoms with Gasteiger partial charge in [0.25, 0.3) is 5.91 Å². The van der Waals surface area contributed by atoms with Gasteiger partial charge in [-0.1, -0.05) is 6.92 Å². The van der Waals surface area contributed by atoms with Gasteiger partial charge >= 0.3 is 0 Å². The third-order valence-electron chi connectivity index (χ3n) is 3.43. The van der Waals surface area contributed by atoms with Crippen LogP contribution in [0.2, 0.25) is 0 Å². The number of carbonyl (C=O) groups excluding carboxylic acids is 3. The second kappa shape index (κ2) is 4.89. The van der Waals surface area contributed by atoms with Gasteiger partial charge < -0.3 is 10.2 Å². The number of amides is 3. The van der Waals surface area contributed by atoms with Crippen LogP contribution in [0.1, 0.15) is 20.3 Å². The van der Waals surface area contributed by atoms with Gasteiger partial charge in [-0.2, -0.15) is 0 Å². The van der Waals surface area contributed by atoms with E-state index in [9.17, 15) is 14.4 Å². The number of carbonyl (C=O) groups is 3. The van der Waals surface area contributed by atoms with E-state index in [1.165, 1.54) is 4.90 Å². The van der Waals surface area contributed by atoms with E-state index in [1.807, 2.05) is 6.92 Å². The fraction of sp³-hybridized carbons (Fsp3) is 0.583. The van der Waals surface area contributed by atoms with E-state index in [4.69, 9.17) is 0 Å². The van der Waals surface area contributed by atoms with Crippen molar-refractivity contribution in [2.45, 2.75) is 26.3 Å². The first-order chi connectivity index (χ1) is 8.54. The van der Waals surface area contributed by atoms with Crippen molar-refractivity contribution in [1.29, 1.82) is 0 Å². The minimum absolute atomic E-state index is 0.0405. The molecule has 0 aromatic heterocycles. The largest absolute Gasteiger partial charge is 0.318 e. The van der Waals surface area contributed by atoms with Crippen molar-refractivity contribution >= 4 is 17.7 Å². The first kappa shape index (κ1) is 12.8. The second-order valence-electron chi connectivity index (χ2n) is 4.60. The number of hydrogen-bond acceptors (Lipinski definition) is 4. The molecule has 2 fully saturated rings. The molecule has 6 heteroatoms. The highest BCUT2D eigenvalue weighted by Crippen LogP contribution is 2.17. The maximum absolute atomic E-state index is 12.3. The molecule has 2 aliphatic heterocycles. The lowest BCUT2D eigenvalue weighted by molar-refractivity contribution is -0.148. The average Bonchev–Trinajstić information content (AvgIpc) is 2.24. The summed E-state index contributed by atoms with van der Waals surface area (Å²) in [6.07, 6.45) is 0.506. The fourth-order valence-corrected chi connectivity index (χ4v) is 2.17. The van der Waals surface area contributed by atoms with E-state index >= 15 is 0 Å². The number of imide groups is 1. The second-order valence-corrected chi connectivity index (χ2v) is 4.60. The molecule has 98 valence electrons. The Balaban J connectivity index is 2.21. The van der Waals surface area contributed by atoms with Gasteiger partial charge in [-0.3, -0.25) is 19.7 Å². The number of nitrogens with zero attached hydrogens (tertiary/aromatic N) is 1. The highest BCUT2D eigenvalue weighted by atomic mass is 16.2. The lowest BCUT2D eigenvalue weighted by Gasteiger charge is -2.34. The van der Waals surface area contributed by atoms with E-state index in [2.05, 4.69) is 10.6 Å². The molecule has 2 rings (SSSR count). The van der Waals surface area contributed by atoms with Gasteiger partial charge in [-0.15, -0.1) is 0 Å². The van der Waals surface area contributed by atoms with Crippen molar-refractivity contribution in [2.75, 3.05) is 19.6 Å². The van der Waals surface area contributed by atoms with Gasteiger partial charge in [0.05, 0.1) is 0 Å². The summed E-state index contributed by atoms with van der Waals surface area (Å²) in [5, 5.41) is 5.33. The quantitative estimate of drug-likeness (QED) is 0.496. The molecule has 2 N–H and O–H groups in total. The number of hydrogen-bond donors (Lipinski definition) is 2. The van der Waals surface area contributed by atoms with Gasteiger partial charge in [-0.05, 0) is 18.9 Å². The molecule has 0 aromatic carbocycles. The van der Waals surface area contributed by atoms with E-state index in [0.717, 1.165) is 5.57 Å². The zero-order valence-corrected chi connectivity index (χ0v) is 10.6. The summed E-state index contributed by atoms with van der Waals surface area (Å²) in [5.41, 5.74) is 1.70. The van der Waals surface area contributed by atoms with Crippen molar-refractivity contribution in [3.63, 3.8) is 0 Å². The van der Waals surface area contributed by atoms with Gasteiger partial charge in [0.1, 0.15) is 12.6 Å². The summed E-state index contributed by atoms with van der Waals surface area (Å²) >= 11 is 0. The molecule has 0 bridgehead atoms. The van der Waals surface area contributed by atoms with Crippen LogP contribution in [-0.4, -0.2) is 48.3 Å². The molecule has 3 amide bonds. The predicted octanol–water partition coefficient (Wildman–Crippen LogP) is -0.830. The predicted molar refractivity (Wildman–Crippen MR) is 64.5 cm³/mol. The number of nitrogens with one attached hydrogen (secondary N) is 2. The summed E-state index contributed by atoms with van der Waals surface area (Å²) < 4.78 is 0. The number of piperazine rings is 1. The Morgan fingerprint density at radius 1 is 1.39 bits per heavy atom. The van der Waals surface area contributed by atoms with E-state index < -0.39 is 11.9 Å². The van der Waals surface area contributed by atoms with Crippen LogP contribution in [0.3, 0.4) is 0 Å². The molecule has 0 saturated carbocycles. The van der Waals surface area contributed by atoms with Gasteiger partial charge in [0, 0.05) is 18.7 Å². The SMILES string of the molecule is CCC1C(=O)NC(=O)CN1C(=O)C(C)=C1CNC1. The highest BCUT2D eigenvalue weighted by Gasteiger charge is 2.36. The minimum atomic E-state index is -0.543. The Kier molecular flexibility index (Phi) is 3.47. The lowest BCUT2D eigenvalue weighted by Crippen LogP contribution is -2.60. The Hall–Kier alpha value is -1.69. The molecule has 0 radical (unpaired) electrons. The molecular weight excluding hydrogens is 234 g/mol. The van der Waals surface area contributed by atoms with Crippen LogP contribution in [0.15, 0.2) is 11.1 Å². The molecule has 2 heterocycles. The van der Waals surface area contributed by atoms with Gasteiger partial charge in [0.2, 0.25) is 11.8 Å². The molecule has 0 spiro atoms. The van der Waals surface area contributed by atoms with Crippen LogP contribution in [0, 0.1) is 0 Å². The lowest BCUT2D eigenvalue weighted by atomic mass is 10.0. The first-order valence-electron chi connectivity index (χ1n) is 6.08. The van der Waals surface area contributed by atoms with Crippen molar-refractivity contribution in [2.24, 2.45) is 0 Å². The average molecular weight is 251 g/mol. The third-order valence-corrected chi connectivity index (χ3v) is 3.43. The Bertz CT molecular complexity index is 436. The zero-order chi connectivity index (χ0) is 13.3. The smallest absolute Gasteiger partial charge is 0.250 e. The minimum Gasteiger partial charge on any atom is -0.318 e. The third kappa shape index (κ3) is 2.15. The summed E-state index contributed by atoms with van der Waals surface area (Å²) in [5.74, 6) is -1.00. The van der Waals surface area contributed by atoms with Crippen LogP contribution >= 0.6 is 0 Å². The van der Waals surface area contributed by atoms with Crippen molar-refractivity contribution in [3.05, 3.63) is 11.1 Å². The van der Waals surface area contributed by atoms with Gasteiger partial charge in [0.15, 0.2) is 0 Å². The first-order valence-corrected chi connectivity index (χ1v) is 6.08. The Labute approximate surface area is 105 Å². The topological polar surface area (TPSA) is 78.5 Å². The summed E-state index contributed by atoms with van der Waals surface area (Å²) in [7, 11) is 0. The van der Waals surface area contributed by atoms with Crippen LogP contribution in [-0.2, 0) is 14.4 Å². The summed E-state index contributed by atoms with van der Waals surface area (Å²) in [4.78, 5) is 36.7. The van der Waals surface area contributed by atoms with Crippen LogP contribution < -0.4 is 10.6 Å². The van der Waals surface area contributed by atoms with E-state index in [0.29, 0.717) is 25.1 Å². The Morgan fingerprint density at radius 2 is 2.06 bits per heavy atom. The van der Waals surface area contributed by atoms with Crippen molar-refractivity contribution in [1.82, 2.24) is 15.5 Å². The molecule has 0 aliphatic carbocycles. The summed E-state index contributed by atoms with van der Waals surface area (Å²) in [6.45, 7) is 4.96. The zero-order valence-electron chi connectivity index (χ0n) is 10.6. The van der Waals surface area contributed by atoms with Crippen LogP contribution in [0.5, 0.6) is 0 Å². The molecule has 1 atom stereocenters. The monoisotopic (exact) mass is 251 g/mol. The van der Waals surface area contributed by atoms with Gasteiger partial charge in [-0.25, -0.2) is 0 Å². The molecule has 6 nitrogen and oxygen atoms in total. The highest BCUT2D eigenvalue weighted by molar-refractivity contribution is 6.07. The molecule has 1 unspecified atom stereocenters. The maximum atomic E-state index is 12.3. The van der Waals surface area contributed by atoms with E-state index in [-0.39, 0.29) is 18.4 Å². The molecule has 2 saturated heterocycles. The Morgan fingerprint density at radius 3 is 2.56 bits per heavy atom. The molecule has 0 aromatic rings. The van der Waals surface area contributed by atoms with Crippen LogP contribution in [0.4, 0.5) is 0 Å². The maximum Gasteiger partial charge on any atom is 0.250 e. The van der Waals surface area contributed by atoms with E-state index in [1.54, 1.807) is 6.92 Å². The van der Waals surface area contributed by atoms with Crippen molar-refractivity contribution < 1.29 is 14.4 Å². The molecule has 2 aliphatic rings. The van der Waals surface area contributed by atoms with Crippen molar-refractivity contribution in [3.8, 4) is 0 Å². The summed E-state index contributed by atoms with van der Waals surface area (Å²) in [6, 6.07) is -0.543. The number of rotatable bonds is 2. The molecule has 18 heavy (non-hydrogen) atoms. The van der Waals surface area contributed by atoms with Crippen LogP contribution in [0.25, 0.3) is 0 Å². The standard InChI is InChI=1S/C12H17N3O3/c1-3-9-11(17)14-10(16)6-15(9)12(18)7(2)8-4-13-5-8/h9,13H,3-6H2,1-2H3,(H,14,16,17). The molecular formula is C12H17N3O3. The fourth-order valence-electron chi connectivity index (χ4n) is 2.17. The normalized spacial score (nSPS) is 23.6.